The molecule has 0 saturated carbocycles. The van der Waals surface area contributed by atoms with Gasteiger partial charge in [-0.2, -0.15) is 0 Å². The van der Waals surface area contributed by atoms with Gasteiger partial charge in [0.15, 0.2) is 0 Å². The first kappa shape index (κ1) is 11.4. The van der Waals surface area contributed by atoms with E-state index in [2.05, 4.69) is 27.3 Å². The van der Waals surface area contributed by atoms with Crippen LogP contribution in [-0.2, 0) is 11.2 Å². The van der Waals surface area contributed by atoms with Crippen molar-refractivity contribution in [3.8, 4) is 0 Å². The van der Waals surface area contributed by atoms with Crippen molar-refractivity contribution in [3.05, 3.63) is 5.01 Å². The van der Waals surface area contributed by atoms with Crippen molar-refractivity contribution in [2.75, 3.05) is 31.1 Å². The smallest absolute Gasteiger partial charge is 0.208 e. The highest BCUT2D eigenvalue weighted by molar-refractivity contribution is 7.15. The highest BCUT2D eigenvalue weighted by Crippen LogP contribution is 2.26. The van der Waals surface area contributed by atoms with Crippen LogP contribution in [0.5, 0.6) is 0 Å². The normalized spacial score (nSPS) is 28.4. The molecular formula is C11H18N4OS. The molecule has 3 rings (SSSR count). The van der Waals surface area contributed by atoms with E-state index >= 15 is 0 Å². The molecule has 0 spiro atoms. The minimum Gasteiger partial charge on any atom is -0.373 e. The van der Waals surface area contributed by atoms with Crippen LogP contribution in [0.25, 0.3) is 0 Å². The Bertz CT molecular complexity index is 369. The molecule has 3 heterocycles. The molecule has 2 aliphatic heterocycles. The number of nitrogens with zero attached hydrogens (tertiary/aromatic N) is 3. The standard InChI is InChI=1S/C11H18N4OS/c1-2-3-10-13-14-11(17-10)15-6-8-9(7-15)16-5-4-12-8/h8-9,12H,2-7H2,1H3/t8-,9-/m0/s1. The van der Waals surface area contributed by atoms with Crippen LogP contribution in [0.1, 0.15) is 18.4 Å². The van der Waals surface area contributed by atoms with Crippen molar-refractivity contribution in [2.45, 2.75) is 31.9 Å². The summed E-state index contributed by atoms with van der Waals surface area (Å²) in [6.45, 7) is 5.89. The maximum absolute atomic E-state index is 5.76. The molecule has 0 amide bonds. The van der Waals surface area contributed by atoms with E-state index in [1.54, 1.807) is 11.3 Å². The number of morpholine rings is 1. The number of anilines is 1. The van der Waals surface area contributed by atoms with Crippen LogP contribution in [0.4, 0.5) is 5.13 Å². The quantitative estimate of drug-likeness (QED) is 0.859. The Kier molecular flexibility index (Phi) is 3.26. The fraction of sp³-hybridized carbons (Fsp3) is 0.818. The topological polar surface area (TPSA) is 50.3 Å². The zero-order chi connectivity index (χ0) is 11.7. The SMILES string of the molecule is CCCc1nnc(N2C[C@@H]3NCCO[C@H]3C2)s1. The van der Waals surface area contributed by atoms with Gasteiger partial charge in [-0.25, -0.2) is 0 Å². The van der Waals surface area contributed by atoms with Crippen molar-refractivity contribution in [3.63, 3.8) is 0 Å². The first-order valence-corrected chi connectivity index (χ1v) is 7.11. The molecule has 94 valence electrons. The lowest BCUT2D eigenvalue weighted by Gasteiger charge is -2.25. The van der Waals surface area contributed by atoms with E-state index in [0.29, 0.717) is 12.1 Å². The van der Waals surface area contributed by atoms with E-state index in [-0.39, 0.29) is 0 Å². The van der Waals surface area contributed by atoms with Crippen LogP contribution in [0.15, 0.2) is 0 Å². The predicted octanol–water partition coefficient (Wildman–Crippen LogP) is 0.668. The van der Waals surface area contributed by atoms with E-state index in [4.69, 9.17) is 4.74 Å². The summed E-state index contributed by atoms with van der Waals surface area (Å²) in [5.41, 5.74) is 0. The fourth-order valence-corrected chi connectivity index (χ4v) is 3.40. The zero-order valence-corrected chi connectivity index (χ0v) is 10.9. The lowest BCUT2D eigenvalue weighted by atomic mass is 10.2. The predicted molar refractivity (Wildman–Crippen MR) is 67.6 cm³/mol. The molecule has 0 aliphatic carbocycles. The van der Waals surface area contributed by atoms with Gasteiger partial charge in [0.2, 0.25) is 5.13 Å². The van der Waals surface area contributed by atoms with Crippen molar-refractivity contribution < 1.29 is 4.74 Å². The number of ether oxygens (including phenoxy) is 1. The zero-order valence-electron chi connectivity index (χ0n) is 10.1. The highest BCUT2D eigenvalue weighted by atomic mass is 32.1. The van der Waals surface area contributed by atoms with Crippen LogP contribution in [0, 0.1) is 0 Å². The molecule has 0 radical (unpaired) electrons. The van der Waals surface area contributed by atoms with Gasteiger partial charge in [0.1, 0.15) is 5.01 Å². The van der Waals surface area contributed by atoms with Gasteiger partial charge in [-0.1, -0.05) is 18.3 Å². The van der Waals surface area contributed by atoms with Gasteiger partial charge in [-0.3, -0.25) is 0 Å². The number of nitrogens with one attached hydrogen (secondary N) is 1. The summed E-state index contributed by atoms with van der Waals surface area (Å²) in [5, 5.41) is 14.2. The van der Waals surface area contributed by atoms with Crippen molar-refractivity contribution in [1.82, 2.24) is 15.5 Å². The molecule has 1 aromatic heterocycles. The van der Waals surface area contributed by atoms with Crippen molar-refractivity contribution >= 4 is 16.5 Å². The number of aromatic nitrogens is 2. The van der Waals surface area contributed by atoms with Crippen LogP contribution in [-0.4, -0.2) is 48.6 Å². The third kappa shape index (κ3) is 2.29. The maximum atomic E-state index is 5.76. The van der Waals surface area contributed by atoms with E-state index in [1.165, 1.54) is 0 Å². The van der Waals surface area contributed by atoms with Gasteiger partial charge in [-0.05, 0) is 6.42 Å². The summed E-state index contributed by atoms with van der Waals surface area (Å²) in [7, 11) is 0. The molecule has 1 aromatic rings. The van der Waals surface area contributed by atoms with E-state index in [0.717, 1.165) is 49.2 Å². The molecule has 2 aliphatic rings. The molecule has 2 saturated heterocycles. The number of hydrogen-bond acceptors (Lipinski definition) is 6. The fourth-order valence-electron chi connectivity index (χ4n) is 2.44. The largest absolute Gasteiger partial charge is 0.373 e. The third-order valence-electron chi connectivity index (χ3n) is 3.30. The molecule has 6 heteroatoms. The Balaban J connectivity index is 1.68. The maximum Gasteiger partial charge on any atom is 0.208 e. The average molecular weight is 254 g/mol. The van der Waals surface area contributed by atoms with Gasteiger partial charge in [0.25, 0.3) is 0 Å². The Labute approximate surface area is 105 Å². The molecule has 0 unspecified atom stereocenters. The van der Waals surface area contributed by atoms with Gasteiger partial charge >= 0.3 is 0 Å². The summed E-state index contributed by atoms with van der Waals surface area (Å²) >= 11 is 1.72. The number of fused-ring (bicyclic) bond motifs is 1. The lowest BCUT2D eigenvalue weighted by molar-refractivity contribution is 0.0212. The summed E-state index contributed by atoms with van der Waals surface area (Å²) in [4.78, 5) is 2.30. The van der Waals surface area contributed by atoms with Gasteiger partial charge < -0.3 is 15.0 Å². The van der Waals surface area contributed by atoms with Gasteiger partial charge in [-0.15, -0.1) is 10.2 Å². The van der Waals surface area contributed by atoms with Crippen LogP contribution >= 0.6 is 11.3 Å². The van der Waals surface area contributed by atoms with Crippen LogP contribution < -0.4 is 10.2 Å². The Morgan fingerprint density at radius 2 is 2.41 bits per heavy atom. The van der Waals surface area contributed by atoms with E-state index < -0.39 is 0 Å². The second-order valence-corrected chi connectivity index (χ2v) is 5.64. The molecule has 0 bridgehead atoms. The first-order chi connectivity index (χ1) is 8.36. The second-order valence-electron chi connectivity index (χ2n) is 4.60. The molecule has 2 fully saturated rings. The Hall–Kier alpha value is -0.720. The second kappa shape index (κ2) is 4.88. The van der Waals surface area contributed by atoms with Crippen LogP contribution in [0.3, 0.4) is 0 Å². The van der Waals surface area contributed by atoms with Crippen LogP contribution in [0.2, 0.25) is 0 Å². The summed E-state index contributed by atoms with van der Waals surface area (Å²) in [6, 6.07) is 0.460. The average Bonchev–Trinajstić information content (AvgIpc) is 2.94. The van der Waals surface area contributed by atoms with Gasteiger partial charge in [0.05, 0.1) is 18.8 Å². The molecule has 0 aromatic carbocycles. The van der Waals surface area contributed by atoms with E-state index in [1.807, 2.05) is 0 Å². The number of hydrogen-bond donors (Lipinski definition) is 1. The summed E-state index contributed by atoms with van der Waals surface area (Å²) in [6.07, 6.45) is 2.49. The molecule has 5 nitrogen and oxygen atoms in total. The minimum absolute atomic E-state index is 0.322. The van der Waals surface area contributed by atoms with Gasteiger partial charge in [0, 0.05) is 26.1 Å². The van der Waals surface area contributed by atoms with E-state index in [9.17, 15) is 0 Å². The Morgan fingerprint density at radius 3 is 3.24 bits per heavy atom. The van der Waals surface area contributed by atoms with Crippen molar-refractivity contribution in [2.24, 2.45) is 0 Å². The number of rotatable bonds is 3. The highest BCUT2D eigenvalue weighted by Gasteiger charge is 2.36. The molecule has 2 atom stereocenters. The number of aryl methyl sites for hydroxylation is 1. The Morgan fingerprint density at radius 1 is 1.47 bits per heavy atom. The third-order valence-corrected chi connectivity index (χ3v) is 4.34. The lowest BCUT2D eigenvalue weighted by Crippen LogP contribution is -2.47. The molecular weight excluding hydrogens is 236 g/mol. The summed E-state index contributed by atoms with van der Waals surface area (Å²) in [5.74, 6) is 0. The van der Waals surface area contributed by atoms with Crippen molar-refractivity contribution in [1.29, 1.82) is 0 Å². The first-order valence-electron chi connectivity index (χ1n) is 6.29. The monoisotopic (exact) mass is 254 g/mol. The summed E-state index contributed by atoms with van der Waals surface area (Å²) < 4.78 is 5.76. The molecule has 17 heavy (non-hydrogen) atoms. The minimum atomic E-state index is 0.322. The molecule has 1 N–H and O–H groups in total.